The third-order valence-electron chi connectivity index (χ3n) is 4.72. The Labute approximate surface area is 168 Å². The lowest BCUT2D eigenvalue weighted by Crippen LogP contribution is -2.06. The second-order valence-electron chi connectivity index (χ2n) is 6.50. The van der Waals surface area contributed by atoms with Gasteiger partial charge in [0.1, 0.15) is 12.2 Å². The number of aryl methyl sites for hydroxylation is 2. The SMILES string of the molecule is COc1cccc(C=CC(=O)OCc2cc(=O)oc3c(C)c(C)ccc23)c1OC. The van der Waals surface area contributed by atoms with Crippen molar-refractivity contribution < 1.29 is 23.4 Å². The average Bonchev–Trinajstić information content (AvgIpc) is 2.72. The van der Waals surface area contributed by atoms with Gasteiger partial charge in [0.15, 0.2) is 11.5 Å². The number of esters is 1. The Balaban J connectivity index is 1.79. The first-order valence-corrected chi connectivity index (χ1v) is 9.03. The van der Waals surface area contributed by atoms with E-state index in [1.807, 2.05) is 26.0 Å². The van der Waals surface area contributed by atoms with Crippen LogP contribution in [0.4, 0.5) is 0 Å². The number of ether oxygens (including phenoxy) is 3. The van der Waals surface area contributed by atoms with E-state index in [2.05, 4.69) is 0 Å². The summed E-state index contributed by atoms with van der Waals surface area (Å²) in [4.78, 5) is 24.1. The maximum Gasteiger partial charge on any atom is 0.336 e. The minimum absolute atomic E-state index is 0.0387. The van der Waals surface area contributed by atoms with Gasteiger partial charge in [0.05, 0.1) is 14.2 Å². The zero-order valence-corrected chi connectivity index (χ0v) is 16.8. The molecule has 6 heteroatoms. The van der Waals surface area contributed by atoms with E-state index in [-0.39, 0.29) is 6.61 Å². The molecule has 0 fully saturated rings. The molecule has 3 aromatic rings. The molecule has 2 aromatic carbocycles. The average molecular weight is 394 g/mol. The van der Waals surface area contributed by atoms with E-state index in [9.17, 15) is 9.59 Å². The van der Waals surface area contributed by atoms with Crippen LogP contribution in [0.5, 0.6) is 11.5 Å². The van der Waals surface area contributed by atoms with Gasteiger partial charge in [-0.2, -0.15) is 0 Å². The molecule has 150 valence electrons. The van der Waals surface area contributed by atoms with Crippen LogP contribution in [0.15, 0.2) is 51.7 Å². The minimum Gasteiger partial charge on any atom is -0.493 e. The lowest BCUT2D eigenvalue weighted by Gasteiger charge is -2.10. The number of fused-ring (bicyclic) bond motifs is 1. The summed E-state index contributed by atoms with van der Waals surface area (Å²) in [5.41, 5.74) is 3.22. The maximum atomic E-state index is 12.2. The first kappa shape index (κ1) is 20.2. The van der Waals surface area contributed by atoms with Gasteiger partial charge in [0.25, 0.3) is 0 Å². The van der Waals surface area contributed by atoms with E-state index in [1.165, 1.54) is 19.3 Å². The molecule has 0 bridgehead atoms. The maximum absolute atomic E-state index is 12.2. The summed E-state index contributed by atoms with van der Waals surface area (Å²) in [6.45, 7) is 3.79. The van der Waals surface area contributed by atoms with Crippen LogP contribution in [-0.4, -0.2) is 20.2 Å². The van der Waals surface area contributed by atoms with Crippen LogP contribution in [0.3, 0.4) is 0 Å². The monoisotopic (exact) mass is 394 g/mol. The molecule has 0 saturated heterocycles. The van der Waals surface area contributed by atoms with Crippen molar-refractivity contribution in [1.29, 1.82) is 0 Å². The molecule has 0 amide bonds. The number of carbonyl (C=O) groups excluding carboxylic acids is 1. The predicted molar refractivity (Wildman–Crippen MR) is 110 cm³/mol. The van der Waals surface area contributed by atoms with E-state index >= 15 is 0 Å². The van der Waals surface area contributed by atoms with Crippen LogP contribution in [0.25, 0.3) is 17.0 Å². The van der Waals surface area contributed by atoms with Crippen molar-refractivity contribution in [2.24, 2.45) is 0 Å². The molecule has 0 radical (unpaired) electrons. The van der Waals surface area contributed by atoms with Crippen molar-refractivity contribution in [2.45, 2.75) is 20.5 Å². The van der Waals surface area contributed by atoms with Gasteiger partial charge in [-0.05, 0) is 37.1 Å². The van der Waals surface area contributed by atoms with Crippen molar-refractivity contribution in [3.63, 3.8) is 0 Å². The van der Waals surface area contributed by atoms with Gasteiger partial charge in [0, 0.05) is 28.7 Å². The number of hydrogen-bond acceptors (Lipinski definition) is 6. The highest BCUT2D eigenvalue weighted by molar-refractivity contribution is 5.88. The lowest BCUT2D eigenvalue weighted by molar-refractivity contribution is -0.138. The zero-order chi connectivity index (χ0) is 21.0. The fourth-order valence-electron chi connectivity index (χ4n) is 3.04. The summed E-state index contributed by atoms with van der Waals surface area (Å²) in [5, 5.41) is 0.749. The Kier molecular flexibility index (Phi) is 6.02. The molecule has 0 spiro atoms. The van der Waals surface area contributed by atoms with Crippen molar-refractivity contribution in [3.8, 4) is 11.5 Å². The first-order valence-electron chi connectivity index (χ1n) is 9.03. The molecule has 0 atom stereocenters. The number of carbonyl (C=O) groups is 1. The molecule has 1 aromatic heterocycles. The third-order valence-corrected chi connectivity index (χ3v) is 4.72. The quantitative estimate of drug-likeness (QED) is 0.355. The molecule has 6 nitrogen and oxygen atoms in total. The lowest BCUT2D eigenvalue weighted by atomic mass is 10.0. The standard InChI is InChI=1S/C23H22O6/c1-14-8-10-18-17(12-21(25)29-22(18)15(14)2)13-28-20(24)11-9-16-6-5-7-19(26-3)23(16)27-4/h5-12H,13H2,1-4H3. The number of benzene rings is 2. The van der Waals surface area contributed by atoms with Gasteiger partial charge >= 0.3 is 11.6 Å². The first-order chi connectivity index (χ1) is 13.9. The van der Waals surface area contributed by atoms with Crippen molar-refractivity contribution in [1.82, 2.24) is 0 Å². The highest BCUT2D eigenvalue weighted by atomic mass is 16.5. The highest BCUT2D eigenvalue weighted by Gasteiger charge is 2.11. The van der Waals surface area contributed by atoms with Crippen molar-refractivity contribution in [2.75, 3.05) is 14.2 Å². The van der Waals surface area contributed by atoms with Crippen LogP contribution < -0.4 is 15.1 Å². The summed E-state index contributed by atoms with van der Waals surface area (Å²) in [6.07, 6.45) is 2.90. The molecule has 0 unspecified atom stereocenters. The summed E-state index contributed by atoms with van der Waals surface area (Å²) < 4.78 is 21.3. The Hall–Kier alpha value is -3.54. The Morgan fingerprint density at radius 2 is 1.90 bits per heavy atom. The van der Waals surface area contributed by atoms with E-state index in [0.29, 0.717) is 28.2 Å². The second kappa shape index (κ2) is 8.65. The summed E-state index contributed by atoms with van der Waals surface area (Å²) in [5.74, 6) is 0.549. The van der Waals surface area contributed by atoms with Gasteiger partial charge in [-0.15, -0.1) is 0 Å². The second-order valence-corrected chi connectivity index (χ2v) is 6.50. The molecular weight excluding hydrogens is 372 g/mol. The van der Waals surface area contributed by atoms with Gasteiger partial charge in [-0.1, -0.05) is 24.3 Å². The minimum atomic E-state index is -0.542. The smallest absolute Gasteiger partial charge is 0.336 e. The normalized spacial score (nSPS) is 11.0. The molecule has 0 aliphatic heterocycles. The predicted octanol–water partition coefficient (Wildman–Crippen LogP) is 4.18. The van der Waals surface area contributed by atoms with E-state index in [0.717, 1.165) is 16.5 Å². The number of rotatable bonds is 6. The highest BCUT2D eigenvalue weighted by Crippen LogP contribution is 2.31. The summed E-state index contributed by atoms with van der Waals surface area (Å²) >= 11 is 0. The molecule has 29 heavy (non-hydrogen) atoms. The Bertz CT molecular complexity index is 1140. The fraction of sp³-hybridized carbons (Fsp3) is 0.217. The van der Waals surface area contributed by atoms with Crippen molar-refractivity contribution in [3.05, 3.63) is 75.1 Å². The van der Waals surface area contributed by atoms with Crippen LogP contribution in [0.1, 0.15) is 22.3 Å². The summed E-state index contributed by atoms with van der Waals surface area (Å²) in [7, 11) is 3.08. The van der Waals surface area contributed by atoms with E-state index in [4.69, 9.17) is 18.6 Å². The number of methoxy groups -OCH3 is 2. The molecule has 1 heterocycles. The van der Waals surface area contributed by atoms with Gasteiger partial charge in [-0.3, -0.25) is 0 Å². The molecule has 0 aliphatic carbocycles. The molecule has 0 aliphatic rings. The van der Waals surface area contributed by atoms with Crippen LogP contribution in [0, 0.1) is 13.8 Å². The van der Waals surface area contributed by atoms with Crippen LogP contribution in [-0.2, 0) is 16.1 Å². The number of para-hydroxylation sites is 1. The number of hydrogen-bond donors (Lipinski definition) is 0. The largest absolute Gasteiger partial charge is 0.493 e. The topological polar surface area (TPSA) is 75.0 Å². The van der Waals surface area contributed by atoms with E-state index in [1.54, 1.807) is 31.4 Å². The zero-order valence-electron chi connectivity index (χ0n) is 16.8. The van der Waals surface area contributed by atoms with Gasteiger partial charge < -0.3 is 18.6 Å². The fourth-order valence-corrected chi connectivity index (χ4v) is 3.04. The molecule has 0 N–H and O–H groups in total. The third kappa shape index (κ3) is 4.32. The molecule has 3 rings (SSSR count). The van der Waals surface area contributed by atoms with Gasteiger partial charge in [0.2, 0.25) is 0 Å². The van der Waals surface area contributed by atoms with Gasteiger partial charge in [-0.25, -0.2) is 9.59 Å². The Morgan fingerprint density at radius 3 is 2.62 bits per heavy atom. The summed E-state index contributed by atoms with van der Waals surface area (Å²) in [6, 6.07) is 10.5. The van der Waals surface area contributed by atoms with Crippen molar-refractivity contribution >= 4 is 23.0 Å². The van der Waals surface area contributed by atoms with Crippen LogP contribution >= 0.6 is 0 Å². The molecule has 0 saturated carbocycles. The molecular formula is C23H22O6. The van der Waals surface area contributed by atoms with Crippen LogP contribution in [0.2, 0.25) is 0 Å². The Morgan fingerprint density at radius 1 is 1.10 bits per heavy atom. The van der Waals surface area contributed by atoms with E-state index < -0.39 is 11.6 Å².